The minimum atomic E-state index is 0.484. The molecule has 3 heterocycles. The molecule has 2 aromatic rings. The highest BCUT2D eigenvalue weighted by Gasteiger charge is 2.20. The van der Waals surface area contributed by atoms with Crippen LogP contribution >= 0.6 is 11.3 Å². The second-order valence-electron chi connectivity index (χ2n) is 4.12. The van der Waals surface area contributed by atoms with Crippen LogP contribution < -0.4 is 5.32 Å². The molecule has 82 valence electrons. The predicted octanol–water partition coefficient (Wildman–Crippen LogP) is 2.57. The molecule has 1 aliphatic rings. The molecule has 2 aromatic heterocycles. The van der Waals surface area contributed by atoms with Crippen molar-refractivity contribution in [3.8, 4) is 0 Å². The molecule has 0 unspecified atom stereocenters. The van der Waals surface area contributed by atoms with Gasteiger partial charge < -0.3 is 5.32 Å². The SMILES string of the molecule is c1cc(C[C@H]2NCCc3sccc32)ccn1. The summed E-state index contributed by atoms with van der Waals surface area (Å²) in [5.74, 6) is 0. The first-order valence-corrected chi connectivity index (χ1v) is 6.50. The third-order valence-corrected chi connectivity index (χ3v) is 4.08. The lowest BCUT2D eigenvalue weighted by molar-refractivity contribution is 0.508. The van der Waals surface area contributed by atoms with Crippen molar-refractivity contribution in [2.45, 2.75) is 18.9 Å². The Morgan fingerprint density at radius 2 is 2.19 bits per heavy atom. The molecule has 0 aliphatic carbocycles. The molecule has 1 atom stereocenters. The van der Waals surface area contributed by atoms with E-state index in [-0.39, 0.29) is 0 Å². The molecule has 1 N–H and O–H groups in total. The van der Waals surface area contributed by atoms with E-state index in [1.54, 1.807) is 4.88 Å². The topological polar surface area (TPSA) is 24.9 Å². The summed E-state index contributed by atoms with van der Waals surface area (Å²) in [5, 5.41) is 5.80. The lowest BCUT2D eigenvalue weighted by Crippen LogP contribution is -2.30. The average Bonchev–Trinajstić information content (AvgIpc) is 2.80. The molecule has 16 heavy (non-hydrogen) atoms. The van der Waals surface area contributed by atoms with Gasteiger partial charge in [0.25, 0.3) is 0 Å². The van der Waals surface area contributed by atoms with Gasteiger partial charge in [0.2, 0.25) is 0 Å². The van der Waals surface area contributed by atoms with E-state index < -0.39 is 0 Å². The quantitative estimate of drug-likeness (QED) is 0.857. The van der Waals surface area contributed by atoms with E-state index in [2.05, 4.69) is 33.9 Å². The van der Waals surface area contributed by atoms with Crippen LogP contribution in [0.3, 0.4) is 0 Å². The molecule has 0 saturated carbocycles. The highest BCUT2D eigenvalue weighted by Crippen LogP contribution is 2.29. The number of nitrogens with one attached hydrogen (secondary N) is 1. The summed E-state index contributed by atoms with van der Waals surface area (Å²) in [6.45, 7) is 1.10. The minimum absolute atomic E-state index is 0.484. The first-order chi connectivity index (χ1) is 7.93. The number of hydrogen-bond donors (Lipinski definition) is 1. The maximum atomic E-state index is 4.05. The van der Waals surface area contributed by atoms with Crippen LogP contribution in [0, 0.1) is 0 Å². The fourth-order valence-corrected chi connectivity index (χ4v) is 3.22. The van der Waals surface area contributed by atoms with Crippen LogP contribution in [0.2, 0.25) is 0 Å². The van der Waals surface area contributed by atoms with Gasteiger partial charge in [0, 0.05) is 29.9 Å². The third kappa shape index (κ3) is 1.88. The van der Waals surface area contributed by atoms with Crippen LogP contribution in [0.5, 0.6) is 0 Å². The lowest BCUT2D eigenvalue weighted by atomic mass is 9.96. The maximum Gasteiger partial charge on any atom is 0.0372 e. The molecule has 0 saturated heterocycles. The van der Waals surface area contributed by atoms with E-state index in [1.165, 1.54) is 17.5 Å². The summed E-state index contributed by atoms with van der Waals surface area (Å²) >= 11 is 1.89. The Hall–Kier alpha value is -1.19. The summed E-state index contributed by atoms with van der Waals surface area (Å²) in [4.78, 5) is 5.61. The van der Waals surface area contributed by atoms with Gasteiger partial charge >= 0.3 is 0 Å². The Labute approximate surface area is 99.4 Å². The van der Waals surface area contributed by atoms with Gasteiger partial charge in [-0.2, -0.15) is 0 Å². The summed E-state index contributed by atoms with van der Waals surface area (Å²) < 4.78 is 0. The van der Waals surface area contributed by atoms with Crippen LogP contribution in [-0.4, -0.2) is 11.5 Å². The van der Waals surface area contributed by atoms with Crippen molar-refractivity contribution in [2.24, 2.45) is 0 Å². The number of nitrogens with zero attached hydrogens (tertiary/aromatic N) is 1. The van der Waals surface area contributed by atoms with Crippen molar-refractivity contribution < 1.29 is 0 Å². The molecular weight excluding hydrogens is 216 g/mol. The fraction of sp³-hybridized carbons (Fsp3) is 0.308. The van der Waals surface area contributed by atoms with Crippen molar-refractivity contribution in [3.63, 3.8) is 0 Å². The van der Waals surface area contributed by atoms with Gasteiger partial charge in [-0.15, -0.1) is 11.3 Å². The van der Waals surface area contributed by atoms with Crippen LogP contribution in [0.1, 0.15) is 22.0 Å². The van der Waals surface area contributed by atoms with Crippen molar-refractivity contribution in [1.29, 1.82) is 0 Å². The highest BCUT2D eigenvalue weighted by atomic mass is 32.1. The summed E-state index contributed by atoms with van der Waals surface area (Å²) in [5.41, 5.74) is 2.85. The number of thiophene rings is 1. The number of fused-ring (bicyclic) bond motifs is 1. The summed E-state index contributed by atoms with van der Waals surface area (Å²) in [7, 11) is 0. The summed E-state index contributed by atoms with van der Waals surface area (Å²) in [6.07, 6.45) is 5.98. The van der Waals surface area contributed by atoms with Gasteiger partial charge in [-0.05, 0) is 47.5 Å². The molecular formula is C13H14N2S. The first kappa shape index (κ1) is 10.00. The molecule has 2 nitrogen and oxygen atoms in total. The van der Waals surface area contributed by atoms with Gasteiger partial charge in [0.1, 0.15) is 0 Å². The first-order valence-electron chi connectivity index (χ1n) is 5.62. The van der Waals surface area contributed by atoms with E-state index in [4.69, 9.17) is 0 Å². The Bertz CT molecular complexity index is 464. The number of aromatic nitrogens is 1. The molecule has 0 aromatic carbocycles. The molecule has 0 radical (unpaired) electrons. The fourth-order valence-electron chi connectivity index (χ4n) is 2.27. The van der Waals surface area contributed by atoms with E-state index in [0.717, 1.165) is 13.0 Å². The number of rotatable bonds is 2. The van der Waals surface area contributed by atoms with Crippen molar-refractivity contribution in [1.82, 2.24) is 10.3 Å². The average molecular weight is 230 g/mol. The van der Waals surface area contributed by atoms with Crippen LogP contribution in [0.25, 0.3) is 0 Å². The maximum absolute atomic E-state index is 4.05. The molecule has 1 aliphatic heterocycles. The van der Waals surface area contributed by atoms with E-state index in [0.29, 0.717) is 6.04 Å². The van der Waals surface area contributed by atoms with Gasteiger partial charge in [0.15, 0.2) is 0 Å². The molecule has 0 amide bonds. The Balaban J connectivity index is 1.83. The van der Waals surface area contributed by atoms with Crippen molar-refractivity contribution in [2.75, 3.05) is 6.54 Å². The zero-order valence-corrected chi connectivity index (χ0v) is 9.83. The molecule has 0 spiro atoms. The second-order valence-corrected chi connectivity index (χ2v) is 5.12. The van der Waals surface area contributed by atoms with Gasteiger partial charge in [-0.3, -0.25) is 4.98 Å². The Kier molecular flexibility index (Phi) is 2.72. The van der Waals surface area contributed by atoms with Crippen molar-refractivity contribution >= 4 is 11.3 Å². The van der Waals surface area contributed by atoms with Crippen molar-refractivity contribution in [3.05, 3.63) is 52.0 Å². The molecule has 3 rings (SSSR count). The van der Waals surface area contributed by atoms with E-state index in [1.807, 2.05) is 23.7 Å². The Morgan fingerprint density at radius 3 is 3.06 bits per heavy atom. The van der Waals surface area contributed by atoms with Crippen LogP contribution in [0.4, 0.5) is 0 Å². The molecule has 0 fully saturated rings. The number of hydrogen-bond acceptors (Lipinski definition) is 3. The zero-order valence-electron chi connectivity index (χ0n) is 9.02. The van der Waals surface area contributed by atoms with E-state index in [9.17, 15) is 0 Å². The largest absolute Gasteiger partial charge is 0.309 e. The minimum Gasteiger partial charge on any atom is -0.309 e. The molecule has 3 heteroatoms. The second kappa shape index (κ2) is 4.36. The predicted molar refractivity (Wildman–Crippen MR) is 66.7 cm³/mol. The normalized spacial score (nSPS) is 19.4. The highest BCUT2D eigenvalue weighted by molar-refractivity contribution is 7.10. The molecule has 0 bridgehead atoms. The smallest absolute Gasteiger partial charge is 0.0372 e. The number of pyridine rings is 1. The standard InChI is InChI=1S/C13H14N2S/c1-5-14-6-2-10(1)9-12-11-4-8-16-13(11)3-7-15-12/h1-2,4-6,8,12,15H,3,7,9H2/t12-/m1/s1. The Morgan fingerprint density at radius 1 is 1.31 bits per heavy atom. The monoisotopic (exact) mass is 230 g/mol. The lowest BCUT2D eigenvalue weighted by Gasteiger charge is -2.24. The van der Waals surface area contributed by atoms with E-state index >= 15 is 0 Å². The van der Waals surface area contributed by atoms with Gasteiger partial charge in [-0.25, -0.2) is 0 Å². The summed E-state index contributed by atoms with van der Waals surface area (Å²) in [6, 6.07) is 6.94. The zero-order chi connectivity index (χ0) is 10.8. The van der Waals surface area contributed by atoms with Gasteiger partial charge in [-0.1, -0.05) is 0 Å². The van der Waals surface area contributed by atoms with Gasteiger partial charge in [0.05, 0.1) is 0 Å². The van der Waals surface area contributed by atoms with Crippen LogP contribution in [-0.2, 0) is 12.8 Å². The van der Waals surface area contributed by atoms with Crippen LogP contribution in [0.15, 0.2) is 36.0 Å². The third-order valence-electron chi connectivity index (χ3n) is 3.09.